The Bertz CT molecular complexity index is 181. The molecule has 0 aromatic rings. The van der Waals surface area contributed by atoms with Crippen molar-refractivity contribution in [2.24, 2.45) is 0 Å². The quantitative estimate of drug-likeness (QED) is 0.516. The molecule has 1 heterocycles. The van der Waals surface area contributed by atoms with Gasteiger partial charge in [0.1, 0.15) is 0 Å². The summed E-state index contributed by atoms with van der Waals surface area (Å²) in [6.45, 7) is 9.14. The normalized spacial score (nSPS) is 27.9. The van der Waals surface area contributed by atoms with Gasteiger partial charge in [-0.15, -0.1) is 6.58 Å². The second-order valence-corrected chi connectivity index (χ2v) is 4.45. The van der Waals surface area contributed by atoms with E-state index in [0.29, 0.717) is 18.2 Å². The molecule has 0 amide bonds. The zero-order valence-corrected chi connectivity index (χ0v) is 10.2. The predicted molar refractivity (Wildman–Crippen MR) is 65.1 cm³/mol. The second kappa shape index (κ2) is 7.02. The van der Waals surface area contributed by atoms with Crippen LogP contribution in [0.5, 0.6) is 0 Å². The maximum Gasteiger partial charge on any atom is 0.0732 e. The number of unbranched alkanes of at least 4 members (excludes halogenated alkanes) is 1. The number of likely N-dealkylation sites (N-methyl/N-ethyl adjacent to an activating group) is 1. The Morgan fingerprint density at radius 2 is 2.33 bits per heavy atom. The molecule has 1 rings (SSSR count). The summed E-state index contributed by atoms with van der Waals surface area (Å²) in [5.74, 6) is 0. The number of hydrogen-bond donors (Lipinski definition) is 1. The lowest BCUT2D eigenvalue weighted by Crippen LogP contribution is -2.39. The molecule has 1 fully saturated rings. The van der Waals surface area contributed by atoms with Crippen molar-refractivity contribution in [1.82, 2.24) is 5.32 Å². The summed E-state index contributed by atoms with van der Waals surface area (Å²) in [5.41, 5.74) is 0. The van der Waals surface area contributed by atoms with Gasteiger partial charge in [0.15, 0.2) is 0 Å². The van der Waals surface area contributed by atoms with E-state index < -0.39 is 0 Å². The van der Waals surface area contributed by atoms with Crippen LogP contribution in [0.2, 0.25) is 0 Å². The molecule has 3 atom stereocenters. The minimum atomic E-state index is 0.435. The summed E-state index contributed by atoms with van der Waals surface area (Å²) in [4.78, 5) is 0. The molecule has 1 aliphatic rings. The van der Waals surface area contributed by atoms with E-state index in [0.717, 1.165) is 13.0 Å². The van der Waals surface area contributed by atoms with Crippen molar-refractivity contribution in [2.75, 3.05) is 6.54 Å². The molecule has 0 aliphatic carbocycles. The van der Waals surface area contributed by atoms with Gasteiger partial charge < -0.3 is 10.1 Å². The van der Waals surface area contributed by atoms with Crippen LogP contribution in [0.1, 0.15) is 46.0 Å². The van der Waals surface area contributed by atoms with Crippen LogP contribution in [0.25, 0.3) is 0 Å². The molecule has 1 N–H and O–H groups in total. The van der Waals surface area contributed by atoms with Gasteiger partial charge in [0.2, 0.25) is 0 Å². The van der Waals surface area contributed by atoms with Crippen LogP contribution in [-0.2, 0) is 4.74 Å². The zero-order chi connectivity index (χ0) is 11.1. The van der Waals surface area contributed by atoms with Gasteiger partial charge in [0.25, 0.3) is 0 Å². The Balaban J connectivity index is 2.31. The van der Waals surface area contributed by atoms with E-state index in [1.807, 2.05) is 6.08 Å². The van der Waals surface area contributed by atoms with Crippen molar-refractivity contribution in [1.29, 1.82) is 0 Å². The summed E-state index contributed by atoms with van der Waals surface area (Å²) < 4.78 is 5.92. The smallest absolute Gasteiger partial charge is 0.0732 e. The fourth-order valence-corrected chi connectivity index (χ4v) is 2.29. The van der Waals surface area contributed by atoms with Crippen molar-refractivity contribution in [2.45, 2.75) is 64.2 Å². The lowest BCUT2D eigenvalue weighted by atomic mass is 10.0. The van der Waals surface area contributed by atoms with Gasteiger partial charge >= 0.3 is 0 Å². The molecule has 0 saturated carbocycles. The lowest BCUT2D eigenvalue weighted by Gasteiger charge is -2.24. The highest BCUT2D eigenvalue weighted by Gasteiger charge is 2.28. The zero-order valence-electron chi connectivity index (χ0n) is 10.2. The third kappa shape index (κ3) is 4.35. The van der Waals surface area contributed by atoms with Crippen LogP contribution in [0, 0.1) is 0 Å². The Morgan fingerprint density at radius 3 is 2.87 bits per heavy atom. The molecule has 0 spiro atoms. The number of hydrogen-bond acceptors (Lipinski definition) is 2. The maximum atomic E-state index is 5.92. The van der Waals surface area contributed by atoms with Gasteiger partial charge in [-0.3, -0.25) is 0 Å². The Morgan fingerprint density at radius 1 is 1.53 bits per heavy atom. The van der Waals surface area contributed by atoms with E-state index in [2.05, 4.69) is 25.7 Å². The van der Waals surface area contributed by atoms with E-state index in [1.165, 1.54) is 25.7 Å². The van der Waals surface area contributed by atoms with Crippen molar-refractivity contribution in [3.63, 3.8) is 0 Å². The summed E-state index contributed by atoms with van der Waals surface area (Å²) in [6, 6.07) is 0.542. The van der Waals surface area contributed by atoms with E-state index in [9.17, 15) is 0 Å². The first-order valence-electron chi connectivity index (χ1n) is 6.27. The molecule has 0 aromatic carbocycles. The third-order valence-corrected chi connectivity index (χ3v) is 3.10. The molecular formula is C13H25NO. The standard InChI is InChI=1S/C13H25NO/c1-4-6-7-8-12(14-5-2)13-10-9-11(3)15-13/h4,11-14H,1,5-10H2,2-3H3. The average Bonchev–Trinajstić information content (AvgIpc) is 2.64. The van der Waals surface area contributed by atoms with Crippen LogP contribution in [0.4, 0.5) is 0 Å². The fraction of sp³-hybridized carbons (Fsp3) is 0.846. The Kier molecular flexibility index (Phi) is 5.96. The first-order valence-corrected chi connectivity index (χ1v) is 6.27. The number of nitrogens with one attached hydrogen (secondary N) is 1. The molecule has 1 aliphatic heterocycles. The Labute approximate surface area is 94.1 Å². The van der Waals surface area contributed by atoms with Crippen molar-refractivity contribution < 1.29 is 4.74 Å². The first kappa shape index (κ1) is 12.7. The number of ether oxygens (including phenoxy) is 1. The third-order valence-electron chi connectivity index (χ3n) is 3.10. The lowest BCUT2D eigenvalue weighted by molar-refractivity contribution is 0.0300. The van der Waals surface area contributed by atoms with E-state index in [4.69, 9.17) is 4.74 Å². The highest BCUT2D eigenvalue weighted by atomic mass is 16.5. The monoisotopic (exact) mass is 211 g/mol. The van der Waals surface area contributed by atoms with E-state index in [1.54, 1.807) is 0 Å². The molecule has 0 bridgehead atoms. The van der Waals surface area contributed by atoms with Crippen LogP contribution in [0.15, 0.2) is 12.7 Å². The van der Waals surface area contributed by atoms with E-state index >= 15 is 0 Å². The minimum Gasteiger partial charge on any atom is -0.374 e. The molecule has 0 aromatic heterocycles. The molecule has 15 heavy (non-hydrogen) atoms. The summed E-state index contributed by atoms with van der Waals surface area (Å²) in [7, 11) is 0. The minimum absolute atomic E-state index is 0.435. The molecule has 2 nitrogen and oxygen atoms in total. The fourth-order valence-electron chi connectivity index (χ4n) is 2.29. The first-order chi connectivity index (χ1) is 7.27. The van der Waals surface area contributed by atoms with Gasteiger partial charge in [-0.2, -0.15) is 0 Å². The van der Waals surface area contributed by atoms with Crippen LogP contribution >= 0.6 is 0 Å². The highest BCUT2D eigenvalue weighted by molar-refractivity contribution is 4.83. The molecular weight excluding hydrogens is 186 g/mol. The van der Waals surface area contributed by atoms with Crippen LogP contribution in [0.3, 0.4) is 0 Å². The van der Waals surface area contributed by atoms with Gasteiger partial charge in [0.05, 0.1) is 12.2 Å². The topological polar surface area (TPSA) is 21.3 Å². The molecule has 1 saturated heterocycles. The SMILES string of the molecule is C=CCCCC(NCC)C1CCC(C)O1. The van der Waals surface area contributed by atoms with Crippen LogP contribution < -0.4 is 5.32 Å². The summed E-state index contributed by atoms with van der Waals surface area (Å²) in [5, 5.41) is 3.54. The number of rotatable bonds is 7. The molecule has 2 heteroatoms. The van der Waals surface area contributed by atoms with Crippen molar-refractivity contribution >= 4 is 0 Å². The van der Waals surface area contributed by atoms with E-state index in [-0.39, 0.29) is 0 Å². The maximum absolute atomic E-state index is 5.92. The van der Waals surface area contributed by atoms with Gasteiger partial charge in [-0.05, 0) is 45.6 Å². The second-order valence-electron chi connectivity index (χ2n) is 4.45. The number of allylic oxidation sites excluding steroid dienone is 1. The van der Waals surface area contributed by atoms with Crippen molar-refractivity contribution in [3.05, 3.63) is 12.7 Å². The molecule has 3 unspecified atom stereocenters. The van der Waals surface area contributed by atoms with Gasteiger partial charge in [-0.1, -0.05) is 13.0 Å². The van der Waals surface area contributed by atoms with Gasteiger partial charge in [-0.25, -0.2) is 0 Å². The summed E-state index contributed by atoms with van der Waals surface area (Å²) in [6.07, 6.45) is 8.86. The van der Waals surface area contributed by atoms with Crippen molar-refractivity contribution in [3.8, 4) is 0 Å². The molecule has 88 valence electrons. The molecule has 0 radical (unpaired) electrons. The van der Waals surface area contributed by atoms with Gasteiger partial charge in [0, 0.05) is 6.04 Å². The largest absolute Gasteiger partial charge is 0.374 e. The average molecular weight is 211 g/mol. The van der Waals surface area contributed by atoms with Crippen LogP contribution in [-0.4, -0.2) is 24.8 Å². The Hall–Kier alpha value is -0.340. The highest BCUT2D eigenvalue weighted by Crippen LogP contribution is 2.24. The summed E-state index contributed by atoms with van der Waals surface area (Å²) >= 11 is 0. The predicted octanol–water partition coefficient (Wildman–Crippen LogP) is 2.89.